The second-order valence-corrected chi connectivity index (χ2v) is 7.08. The van der Waals surface area contributed by atoms with Crippen molar-refractivity contribution in [1.29, 1.82) is 0 Å². The number of carbonyl (C=O) groups is 2. The van der Waals surface area contributed by atoms with Gasteiger partial charge in [0.25, 0.3) is 0 Å². The van der Waals surface area contributed by atoms with Gasteiger partial charge in [0.2, 0.25) is 15.9 Å². The highest BCUT2D eigenvalue weighted by molar-refractivity contribution is 7.89. The summed E-state index contributed by atoms with van der Waals surface area (Å²) in [6.45, 7) is -0.0938. The van der Waals surface area contributed by atoms with Crippen LogP contribution in [0, 0.1) is 0 Å². The summed E-state index contributed by atoms with van der Waals surface area (Å²) in [5.41, 5.74) is 0. The summed E-state index contributed by atoms with van der Waals surface area (Å²) in [7, 11) is -1.32. The van der Waals surface area contributed by atoms with Crippen molar-refractivity contribution in [1.82, 2.24) is 9.62 Å². The Hall–Kier alpha value is -2.34. The lowest BCUT2D eigenvalue weighted by Crippen LogP contribution is -2.33. The monoisotopic (exact) mass is 412 g/mol. The van der Waals surface area contributed by atoms with Crippen LogP contribution >= 0.6 is 0 Å². The number of hydrogen-bond donors (Lipinski definition) is 1. The molecule has 1 amide bonds. The summed E-state index contributed by atoms with van der Waals surface area (Å²) in [6.07, 6.45) is -5.03. The Morgan fingerprint density at radius 1 is 1.15 bits per heavy atom. The minimum absolute atomic E-state index is 0.0107. The molecule has 0 saturated carbocycles. The van der Waals surface area contributed by atoms with Crippen LogP contribution in [0.5, 0.6) is 5.75 Å². The predicted molar refractivity (Wildman–Crippen MR) is 87.2 cm³/mol. The lowest BCUT2D eigenvalue weighted by molar-refractivity contribution is -0.274. The SMILES string of the molecule is COC(=O)CCN(C)C(=O)CCNS(=O)(=O)c1ccc(OC(F)(F)F)cc1. The molecule has 0 spiro atoms. The number of rotatable bonds is 9. The smallest absolute Gasteiger partial charge is 0.469 e. The van der Waals surface area contributed by atoms with Gasteiger partial charge in [-0.25, -0.2) is 13.1 Å². The van der Waals surface area contributed by atoms with Gasteiger partial charge in [-0.2, -0.15) is 0 Å². The first-order valence-electron chi connectivity index (χ1n) is 7.61. The zero-order chi connectivity index (χ0) is 20.7. The van der Waals surface area contributed by atoms with E-state index in [1.165, 1.54) is 19.1 Å². The third-order valence-electron chi connectivity index (χ3n) is 3.30. The highest BCUT2D eigenvalue weighted by Crippen LogP contribution is 2.23. The van der Waals surface area contributed by atoms with E-state index in [4.69, 9.17) is 0 Å². The van der Waals surface area contributed by atoms with E-state index < -0.39 is 34.0 Å². The number of ether oxygens (including phenoxy) is 2. The van der Waals surface area contributed by atoms with Crippen LogP contribution < -0.4 is 9.46 Å². The molecule has 1 aromatic rings. The molecule has 0 aliphatic rings. The minimum atomic E-state index is -4.88. The van der Waals surface area contributed by atoms with Crippen molar-refractivity contribution in [3.63, 3.8) is 0 Å². The average Bonchev–Trinajstić information content (AvgIpc) is 2.58. The second-order valence-electron chi connectivity index (χ2n) is 5.31. The summed E-state index contributed by atoms with van der Waals surface area (Å²) < 4.78 is 70.7. The molecule has 0 saturated heterocycles. The molecule has 8 nitrogen and oxygen atoms in total. The van der Waals surface area contributed by atoms with Crippen LogP contribution in [-0.4, -0.2) is 58.8 Å². The maximum Gasteiger partial charge on any atom is 0.573 e. The summed E-state index contributed by atoms with van der Waals surface area (Å²) >= 11 is 0. The molecule has 0 aliphatic carbocycles. The average molecular weight is 412 g/mol. The topological polar surface area (TPSA) is 102 Å². The largest absolute Gasteiger partial charge is 0.573 e. The van der Waals surface area contributed by atoms with Crippen LogP contribution in [0.25, 0.3) is 0 Å². The number of esters is 1. The molecule has 152 valence electrons. The maximum absolute atomic E-state index is 12.1. The van der Waals surface area contributed by atoms with E-state index in [2.05, 4.69) is 14.2 Å². The summed E-state index contributed by atoms with van der Waals surface area (Å²) in [4.78, 5) is 23.9. The third-order valence-corrected chi connectivity index (χ3v) is 4.78. The van der Waals surface area contributed by atoms with Crippen LogP contribution in [0.4, 0.5) is 13.2 Å². The summed E-state index contributed by atoms with van der Waals surface area (Å²) in [5, 5.41) is 0. The summed E-state index contributed by atoms with van der Waals surface area (Å²) in [5.74, 6) is -1.42. The van der Waals surface area contributed by atoms with Gasteiger partial charge in [-0.1, -0.05) is 0 Å². The Bertz CT molecular complexity index is 750. The molecule has 0 heterocycles. The fourth-order valence-corrected chi connectivity index (χ4v) is 2.90. The highest BCUT2D eigenvalue weighted by Gasteiger charge is 2.31. The number of methoxy groups -OCH3 is 1. The van der Waals surface area contributed by atoms with E-state index in [1.54, 1.807) is 0 Å². The lowest BCUT2D eigenvalue weighted by Gasteiger charge is -2.16. The van der Waals surface area contributed by atoms with Crippen molar-refractivity contribution in [3.8, 4) is 5.75 Å². The molecule has 12 heteroatoms. The van der Waals surface area contributed by atoms with Gasteiger partial charge in [0.05, 0.1) is 18.4 Å². The van der Waals surface area contributed by atoms with E-state index in [-0.39, 0.29) is 30.8 Å². The van der Waals surface area contributed by atoms with Gasteiger partial charge in [-0.15, -0.1) is 13.2 Å². The van der Waals surface area contributed by atoms with E-state index in [1.807, 2.05) is 0 Å². The molecule has 0 unspecified atom stereocenters. The minimum Gasteiger partial charge on any atom is -0.469 e. The molecular formula is C15H19F3N2O6S. The number of benzene rings is 1. The zero-order valence-corrected chi connectivity index (χ0v) is 15.4. The van der Waals surface area contributed by atoms with Gasteiger partial charge in [0.1, 0.15) is 5.75 Å². The number of carbonyl (C=O) groups excluding carboxylic acids is 2. The van der Waals surface area contributed by atoms with Crippen LogP contribution in [0.1, 0.15) is 12.8 Å². The van der Waals surface area contributed by atoms with Crippen molar-refractivity contribution in [2.45, 2.75) is 24.1 Å². The fraction of sp³-hybridized carbons (Fsp3) is 0.467. The lowest BCUT2D eigenvalue weighted by atomic mass is 10.3. The number of hydrogen-bond acceptors (Lipinski definition) is 6. The van der Waals surface area contributed by atoms with Crippen LogP contribution in [0.2, 0.25) is 0 Å². The van der Waals surface area contributed by atoms with Crippen molar-refractivity contribution in [3.05, 3.63) is 24.3 Å². The van der Waals surface area contributed by atoms with Crippen molar-refractivity contribution in [2.24, 2.45) is 0 Å². The standard InChI is InChI=1S/C15H19F3N2O6S/c1-20(10-8-14(22)25-2)13(21)7-9-19-27(23,24)12-5-3-11(4-6-12)26-15(16,17)18/h3-6,19H,7-10H2,1-2H3. The Labute approximate surface area is 154 Å². The number of sulfonamides is 1. The summed E-state index contributed by atoms with van der Waals surface area (Å²) in [6, 6.07) is 3.64. The number of amides is 1. The quantitative estimate of drug-likeness (QED) is 0.613. The first-order chi connectivity index (χ1) is 12.4. The highest BCUT2D eigenvalue weighted by atomic mass is 32.2. The molecule has 0 radical (unpaired) electrons. The molecule has 27 heavy (non-hydrogen) atoms. The van der Waals surface area contributed by atoms with E-state index in [0.717, 1.165) is 24.3 Å². The zero-order valence-electron chi connectivity index (χ0n) is 14.6. The van der Waals surface area contributed by atoms with Crippen LogP contribution in [-0.2, 0) is 24.3 Å². The van der Waals surface area contributed by atoms with Gasteiger partial charge >= 0.3 is 12.3 Å². The maximum atomic E-state index is 12.1. The van der Waals surface area contributed by atoms with Gasteiger partial charge in [0, 0.05) is 26.6 Å². The van der Waals surface area contributed by atoms with Crippen LogP contribution in [0.3, 0.4) is 0 Å². The molecule has 1 rings (SSSR count). The Balaban J connectivity index is 2.53. The van der Waals surface area contributed by atoms with E-state index >= 15 is 0 Å². The molecule has 1 N–H and O–H groups in total. The fourth-order valence-electron chi connectivity index (χ4n) is 1.87. The molecule has 0 aromatic heterocycles. The molecule has 1 aromatic carbocycles. The van der Waals surface area contributed by atoms with Gasteiger partial charge in [-0.3, -0.25) is 9.59 Å². The molecule has 0 atom stereocenters. The molecule has 0 aliphatic heterocycles. The van der Waals surface area contributed by atoms with Crippen molar-refractivity contribution in [2.75, 3.05) is 27.2 Å². The molecule has 0 fully saturated rings. The third kappa shape index (κ3) is 8.26. The van der Waals surface area contributed by atoms with E-state index in [9.17, 15) is 31.2 Å². The van der Waals surface area contributed by atoms with Crippen LogP contribution in [0.15, 0.2) is 29.2 Å². The molecule has 0 bridgehead atoms. The second kappa shape index (κ2) is 9.55. The number of alkyl halides is 3. The Kier molecular flexibility index (Phi) is 8.03. The predicted octanol–water partition coefficient (Wildman–Crippen LogP) is 1.28. The number of halogens is 3. The van der Waals surface area contributed by atoms with Crippen molar-refractivity contribution < 1.29 is 40.7 Å². The van der Waals surface area contributed by atoms with E-state index in [0.29, 0.717) is 0 Å². The Morgan fingerprint density at radius 3 is 2.26 bits per heavy atom. The van der Waals surface area contributed by atoms with Crippen molar-refractivity contribution >= 4 is 21.9 Å². The first kappa shape index (κ1) is 22.7. The normalized spacial score (nSPS) is 11.7. The van der Waals surface area contributed by atoms with Gasteiger partial charge < -0.3 is 14.4 Å². The first-order valence-corrected chi connectivity index (χ1v) is 9.09. The van der Waals surface area contributed by atoms with Gasteiger partial charge in [0.15, 0.2) is 0 Å². The molecular weight excluding hydrogens is 393 g/mol. The Morgan fingerprint density at radius 2 is 1.74 bits per heavy atom. The van der Waals surface area contributed by atoms with Gasteiger partial charge in [-0.05, 0) is 24.3 Å². The number of nitrogens with one attached hydrogen (secondary N) is 1. The number of nitrogens with zero attached hydrogens (tertiary/aromatic N) is 1.